The molecule has 0 aliphatic carbocycles. The number of rotatable bonds is 5. The maximum Gasteiger partial charge on any atom is 0.287 e. The van der Waals surface area contributed by atoms with Gasteiger partial charge >= 0.3 is 0 Å². The number of aryl methyl sites for hydroxylation is 2. The molecule has 2 heterocycles. The van der Waals surface area contributed by atoms with Crippen LogP contribution in [-0.2, 0) is 11.3 Å². The molecule has 1 amide bonds. The van der Waals surface area contributed by atoms with Gasteiger partial charge in [-0.3, -0.25) is 4.79 Å². The Balaban J connectivity index is 2.05. The Hall–Kier alpha value is -1.59. The Morgan fingerprint density at radius 2 is 2.20 bits per heavy atom. The molecule has 5 heteroatoms. The second-order valence-electron chi connectivity index (χ2n) is 4.76. The van der Waals surface area contributed by atoms with Crippen LogP contribution in [0.1, 0.15) is 44.6 Å². The second-order valence-corrected chi connectivity index (χ2v) is 6.22. The van der Waals surface area contributed by atoms with Crippen molar-refractivity contribution in [2.75, 3.05) is 7.11 Å². The number of carbonyl (C=O) groups excluding carboxylic acids is 1. The van der Waals surface area contributed by atoms with E-state index in [-0.39, 0.29) is 11.9 Å². The third-order valence-corrected chi connectivity index (χ3v) is 4.05. The average molecular weight is 293 g/mol. The van der Waals surface area contributed by atoms with E-state index in [0.29, 0.717) is 18.1 Å². The van der Waals surface area contributed by atoms with Crippen LogP contribution in [0, 0.1) is 13.8 Å². The van der Waals surface area contributed by atoms with Crippen molar-refractivity contribution < 1.29 is 13.9 Å². The highest BCUT2D eigenvalue weighted by atomic mass is 32.1. The lowest BCUT2D eigenvalue weighted by atomic mass is 10.1. The van der Waals surface area contributed by atoms with Crippen LogP contribution in [0.25, 0.3) is 0 Å². The molecule has 0 bridgehead atoms. The summed E-state index contributed by atoms with van der Waals surface area (Å²) >= 11 is 1.74. The lowest BCUT2D eigenvalue weighted by molar-refractivity contribution is 0.0903. The quantitative estimate of drug-likeness (QED) is 0.916. The molecule has 2 aromatic heterocycles. The molecule has 108 valence electrons. The molecule has 0 aliphatic rings. The number of nitrogens with one attached hydrogen (secondary N) is 1. The Kier molecular flexibility index (Phi) is 4.62. The smallest absolute Gasteiger partial charge is 0.287 e. The van der Waals surface area contributed by atoms with Gasteiger partial charge in [-0.15, -0.1) is 11.3 Å². The number of hydrogen-bond donors (Lipinski definition) is 1. The highest BCUT2D eigenvalue weighted by Gasteiger charge is 2.17. The molecule has 2 rings (SSSR count). The van der Waals surface area contributed by atoms with Crippen LogP contribution in [0.2, 0.25) is 0 Å². The van der Waals surface area contributed by atoms with Crippen LogP contribution in [0.5, 0.6) is 0 Å². The molecular weight excluding hydrogens is 274 g/mol. The number of thiophene rings is 1. The number of furan rings is 1. The third kappa shape index (κ3) is 3.29. The minimum Gasteiger partial charge on any atom is -0.453 e. The number of methoxy groups -OCH3 is 1. The highest BCUT2D eigenvalue weighted by molar-refractivity contribution is 7.12. The minimum absolute atomic E-state index is 0.0385. The van der Waals surface area contributed by atoms with Crippen molar-refractivity contribution in [2.24, 2.45) is 0 Å². The van der Waals surface area contributed by atoms with E-state index in [1.54, 1.807) is 30.6 Å². The van der Waals surface area contributed by atoms with Gasteiger partial charge in [-0.25, -0.2) is 0 Å². The van der Waals surface area contributed by atoms with Gasteiger partial charge in [0.15, 0.2) is 5.76 Å². The highest BCUT2D eigenvalue weighted by Crippen LogP contribution is 2.26. The van der Waals surface area contributed by atoms with E-state index in [1.165, 1.54) is 9.75 Å². The standard InChI is InChI=1S/C15H19NO3S/c1-9-7-13(11(3)20-9)10(2)16-15(17)14-6-5-12(19-14)8-18-4/h5-7,10H,8H2,1-4H3,(H,16,17). The average Bonchev–Trinajstić information content (AvgIpc) is 2.96. The molecule has 0 radical (unpaired) electrons. The summed E-state index contributed by atoms with van der Waals surface area (Å²) in [4.78, 5) is 14.6. The summed E-state index contributed by atoms with van der Waals surface area (Å²) in [6.07, 6.45) is 0. The van der Waals surface area contributed by atoms with Gasteiger partial charge in [0.1, 0.15) is 12.4 Å². The van der Waals surface area contributed by atoms with Crippen LogP contribution in [0.4, 0.5) is 0 Å². The summed E-state index contributed by atoms with van der Waals surface area (Å²) in [5.41, 5.74) is 1.16. The van der Waals surface area contributed by atoms with E-state index in [1.807, 2.05) is 6.92 Å². The monoisotopic (exact) mass is 293 g/mol. The topological polar surface area (TPSA) is 51.5 Å². The fourth-order valence-corrected chi connectivity index (χ4v) is 3.17. The summed E-state index contributed by atoms with van der Waals surface area (Å²) in [6, 6.07) is 5.50. The van der Waals surface area contributed by atoms with Crippen LogP contribution in [0.3, 0.4) is 0 Å². The SMILES string of the molecule is COCc1ccc(C(=O)NC(C)c2cc(C)sc2C)o1. The van der Waals surface area contributed by atoms with Crippen molar-refractivity contribution in [3.05, 3.63) is 45.0 Å². The van der Waals surface area contributed by atoms with Crippen molar-refractivity contribution in [1.82, 2.24) is 5.32 Å². The molecule has 0 aliphatic heterocycles. The number of amides is 1. The maximum absolute atomic E-state index is 12.1. The summed E-state index contributed by atoms with van der Waals surface area (Å²) in [7, 11) is 1.59. The molecular formula is C15H19NO3S. The summed E-state index contributed by atoms with van der Waals surface area (Å²) in [6.45, 7) is 6.48. The van der Waals surface area contributed by atoms with Gasteiger partial charge in [-0.1, -0.05) is 0 Å². The van der Waals surface area contributed by atoms with E-state index in [4.69, 9.17) is 9.15 Å². The molecule has 0 saturated carbocycles. The van der Waals surface area contributed by atoms with Gasteiger partial charge in [0, 0.05) is 16.9 Å². The van der Waals surface area contributed by atoms with Crippen LogP contribution >= 0.6 is 11.3 Å². The summed E-state index contributed by atoms with van der Waals surface area (Å²) < 4.78 is 10.4. The first kappa shape index (κ1) is 14.8. The zero-order valence-corrected chi connectivity index (χ0v) is 13.0. The van der Waals surface area contributed by atoms with Gasteiger partial charge in [0.2, 0.25) is 0 Å². The zero-order valence-electron chi connectivity index (χ0n) is 12.1. The first-order valence-electron chi connectivity index (χ1n) is 6.46. The molecule has 2 aromatic rings. The maximum atomic E-state index is 12.1. The van der Waals surface area contributed by atoms with Crippen molar-refractivity contribution in [3.63, 3.8) is 0 Å². The molecule has 0 fully saturated rings. The van der Waals surface area contributed by atoms with E-state index >= 15 is 0 Å². The van der Waals surface area contributed by atoms with Crippen LogP contribution in [0.15, 0.2) is 22.6 Å². The lowest BCUT2D eigenvalue weighted by Gasteiger charge is -2.12. The van der Waals surface area contributed by atoms with Crippen LogP contribution < -0.4 is 5.32 Å². The Morgan fingerprint density at radius 3 is 2.80 bits per heavy atom. The second kappa shape index (κ2) is 6.24. The largest absolute Gasteiger partial charge is 0.453 e. The molecule has 0 saturated heterocycles. The summed E-state index contributed by atoms with van der Waals surface area (Å²) in [5, 5.41) is 2.96. The number of ether oxygens (including phenoxy) is 1. The van der Waals surface area contributed by atoms with Crippen molar-refractivity contribution in [3.8, 4) is 0 Å². The molecule has 1 atom stereocenters. The first-order chi connectivity index (χ1) is 9.51. The van der Waals surface area contributed by atoms with E-state index in [9.17, 15) is 4.79 Å². The van der Waals surface area contributed by atoms with Crippen molar-refractivity contribution in [1.29, 1.82) is 0 Å². The number of carbonyl (C=O) groups is 1. The third-order valence-electron chi connectivity index (χ3n) is 3.07. The van der Waals surface area contributed by atoms with Gasteiger partial charge in [-0.2, -0.15) is 0 Å². The van der Waals surface area contributed by atoms with E-state index < -0.39 is 0 Å². The zero-order chi connectivity index (χ0) is 14.7. The fraction of sp³-hybridized carbons (Fsp3) is 0.400. The molecule has 0 aromatic carbocycles. The Labute approximate surface area is 122 Å². The molecule has 4 nitrogen and oxygen atoms in total. The Bertz CT molecular complexity index is 600. The van der Waals surface area contributed by atoms with E-state index in [2.05, 4.69) is 25.2 Å². The van der Waals surface area contributed by atoms with Crippen molar-refractivity contribution in [2.45, 2.75) is 33.4 Å². The molecule has 20 heavy (non-hydrogen) atoms. The fourth-order valence-electron chi connectivity index (χ4n) is 2.15. The predicted octanol–water partition coefficient (Wildman–Crippen LogP) is 3.60. The number of hydrogen-bond acceptors (Lipinski definition) is 4. The molecule has 0 spiro atoms. The normalized spacial score (nSPS) is 12.4. The van der Waals surface area contributed by atoms with Crippen LogP contribution in [-0.4, -0.2) is 13.0 Å². The van der Waals surface area contributed by atoms with Gasteiger partial charge in [-0.05, 0) is 44.5 Å². The minimum atomic E-state index is -0.205. The molecule has 1 N–H and O–H groups in total. The van der Waals surface area contributed by atoms with Gasteiger partial charge in [0.05, 0.1) is 6.04 Å². The van der Waals surface area contributed by atoms with Crippen molar-refractivity contribution >= 4 is 17.2 Å². The van der Waals surface area contributed by atoms with E-state index in [0.717, 1.165) is 5.56 Å². The Morgan fingerprint density at radius 1 is 1.45 bits per heavy atom. The molecule has 1 unspecified atom stereocenters. The van der Waals surface area contributed by atoms with Gasteiger partial charge < -0.3 is 14.5 Å². The van der Waals surface area contributed by atoms with Gasteiger partial charge in [0.25, 0.3) is 5.91 Å². The first-order valence-corrected chi connectivity index (χ1v) is 7.28. The lowest BCUT2D eigenvalue weighted by Crippen LogP contribution is -2.26. The predicted molar refractivity (Wildman–Crippen MR) is 79.1 cm³/mol. The summed E-state index contributed by atoms with van der Waals surface area (Å²) in [5.74, 6) is 0.754.